The SMILES string of the molecule is CCc1cc(O)cc(C(=O)N(C)C)c1. The smallest absolute Gasteiger partial charge is 0.253 e. The molecule has 0 aromatic heterocycles. The van der Waals surface area contributed by atoms with E-state index in [1.54, 1.807) is 20.2 Å². The van der Waals surface area contributed by atoms with Crippen LogP contribution in [-0.2, 0) is 6.42 Å². The van der Waals surface area contributed by atoms with Crippen LogP contribution < -0.4 is 0 Å². The highest BCUT2D eigenvalue weighted by molar-refractivity contribution is 5.94. The summed E-state index contributed by atoms with van der Waals surface area (Å²) in [6, 6.07) is 4.97. The van der Waals surface area contributed by atoms with Crippen molar-refractivity contribution in [3.63, 3.8) is 0 Å². The van der Waals surface area contributed by atoms with Gasteiger partial charge in [-0.3, -0.25) is 4.79 Å². The number of nitrogens with zero attached hydrogens (tertiary/aromatic N) is 1. The van der Waals surface area contributed by atoms with Crippen LogP contribution >= 0.6 is 0 Å². The van der Waals surface area contributed by atoms with Gasteiger partial charge in [-0.1, -0.05) is 6.92 Å². The van der Waals surface area contributed by atoms with Gasteiger partial charge < -0.3 is 10.0 Å². The minimum atomic E-state index is -0.0874. The number of phenols is 1. The Morgan fingerprint density at radius 3 is 2.50 bits per heavy atom. The summed E-state index contributed by atoms with van der Waals surface area (Å²) in [5.74, 6) is 0.0603. The molecule has 0 unspecified atom stereocenters. The third kappa shape index (κ3) is 2.25. The van der Waals surface area contributed by atoms with Gasteiger partial charge in [-0.25, -0.2) is 0 Å². The van der Waals surface area contributed by atoms with Crippen LogP contribution in [0.4, 0.5) is 0 Å². The summed E-state index contributed by atoms with van der Waals surface area (Å²) >= 11 is 0. The predicted octanol–water partition coefficient (Wildman–Crippen LogP) is 1.66. The molecule has 1 rings (SSSR count). The first kappa shape index (κ1) is 10.6. The molecular weight excluding hydrogens is 178 g/mol. The van der Waals surface area contributed by atoms with E-state index in [2.05, 4.69) is 0 Å². The number of aryl methyl sites for hydroxylation is 1. The predicted molar refractivity (Wildman–Crippen MR) is 55.5 cm³/mol. The van der Waals surface area contributed by atoms with E-state index in [4.69, 9.17) is 0 Å². The lowest BCUT2D eigenvalue weighted by molar-refractivity contribution is 0.0827. The number of aromatic hydroxyl groups is 1. The van der Waals surface area contributed by atoms with Crippen molar-refractivity contribution < 1.29 is 9.90 Å². The number of carbonyl (C=O) groups is 1. The van der Waals surface area contributed by atoms with Crippen LogP contribution in [0.2, 0.25) is 0 Å². The van der Waals surface area contributed by atoms with Gasteiger partial charge in [-0.15, -0.1) is 0 Å². The first-order chi connectivity index (χ1) is 6.54. The highest BCUT2D eigenvalue weighted by Gasteiger charge is 2.09. The number of carbonyl (C=O) groups excluding carboxylic acids is 1. The summed E-state index contributed by atoms with van der Waals surface area (Å²) < 4.78 is 0. The van der Waals surface area contributed by atoms with Crippen molar-refractivity contribution in [2.24, 2.45) is 0 Å². The van der Waals surface area contributed by atoms with Crippen LogP contribution in [0.3, 0.4) is 0 Å². The molecule has 1 aromatic rings. The van der Waals surface area contributed by atoms with Gasteiger partial charge in [0.2, 0.25) is 0 Å². The van der Waals surface area contributed by atoms with Crippen molar-refractivity contribution in [3.05, 3.63) is 29.3 Å². The quantitative estimate of drug-likeness (QED) is 0.776. The lowest BCUT2D eigenvalue weighted by Gasteiger charge is -2.11. The Kier molecular flexibility index (Phi) is 3.12. The van der Waals surface area contributed by atoms with Crippen molar-refractivity contribution in [2.75, 3.05) is 14.1 Å². The van der Waals surface area contributed by atoms with Crippen molar-refractivity contribution in [1.29, 1.82) is 0 Å². The Hall–Kier alpha value is -1.51. The second-order valence-electron chi connectivity index (χ2n) is 3.44. The molecule has 0 saturated heterocycles. The van der Waals surface area contributed by atoms with E-state index in [1.807, 2.05) is 13.0 Å². The maximum Gasteiger partial charge on any atom is 0.253 e. The Morgan fingerprint density at radius 2 is 2.00 bits per heavy atom. The lowest BCUT2D eigenvalue weighted by atomic mass is 10.1. The van der Waals surface area contributed by atoms with Crippen molar-refractivity contribution in [3.8, 4) is 5.75 Å². The molecule has 0 aliphatic rings. The highest BCUT2D eigenvalue weighted by atomic mass is 16.3. The van der Waals surface area contributed by atoms with Crippen LogP contribution in [0.25, 0.3) is 0 Å². The normalized spacial score (nSPS) is 9.93. The average molecular weight is 193 g/mol. The topological polar surface area (TPSA) is 40.5 Å². The summed E-state index contributed by atoms with van der Waals surface area (Å²) in [5.41, 5.74) is 1.50. The zero-order chi connectivity index (χ0) is 10.7. The van der Waals surface area contributed by atoms with E-state index < -0.39 is 0 Å². The average Bonchev–Trinajstić information content (AvgIpc) is 2.15. The summed E-state index contributed by atoms with van der Waals surface area (Å²) in [5, 5.41) is 9.38. The summed E-state index contributed by atoms with van der Waals surface area (Å²) in [7, 11) is 3.38. The van der Waals surface area contributed by atoms with Crippen molar-refractivity contribution in [2.45, 2.75) is 13.3 Å². The Balaban J connectivity index is 3.09. The molecule has 3 nitrogen and oxygen atoms in total. The number of rotatable bonds is 2. The summed E-state index contributed by atoms with van der Waals surface area (Å²) in [4.78, 5) is 13.1. The lowest BCUT2D eigenvalue weighted by Crippen LogP contribution is -2.21. The van der Waals surface area contributed by atoms with Gasteiger partial charge in [-0.05, 0) is 30.2 Å². The first-order valence-corrected chi connectivity index (χ1v) is 4.59. The molecule has 0 bridgehead atoms. The fourth-order valence-corrected chi connectivity index (χ4v) is 1.26. The minimum Gasteiger partial charge on any atom is -0.508 e. The molecule has 0 fully saturated rings. The molecule has 0 saturated carbocycles. The maximum atomic E-state index is 11.6. The number of hydrogen-bond acceptors (Lipinski definition) is 2. The van der Waals surface area contributed by atoms with Gasteiger partial charge in [0.1, 0.15) is 5.75 Å². The van der Waals surface area contributed by atoms with E-state index in [-0.39, 0.29) is 11.7 Å². The number of hydrogen-bond donors (Lipinski definition) is 1. The third-order valence-corrected chi connectivity index (χ3v) is 2.04. The number of amides is 1. The molecule has 14 heavy (non-hydrogen) atoms. The van der Waals surface area contributed by atoms with Gasteiger partial charge in [0.25, 0.3) is 5.91 Å². The molecule has 0 spiro atoms. The number of benzene rings is 1. The van der Waals surface area contributed by atoms with Gasteiger partial charge in [0, 0.05) is 19.7 Å². The van der Waals surface area contributed by atoms with E-state index in [1.165, 1.54) is 11.0 Å². The summed E-state index contributed by atoms with van der Waals surface area (Å²) in [6.07, 6.45) is 0.808. The van der Waals surface area contributed by atoms with E-state index in [9.17, 15) is 9.90 Å². The highest BCUT2D eigenvalue weighted by Crippen LogP contribution is 2.17. The third-order valence-electron chi connectivity index (χ3n) is 2.04. The maximum absolute atomic E-state index is 11.6. The largest absolute Gasteiger partial charge is 0.508 e. The molecule has 1 aromatic carbocycles. The van der Waals surface area contributed by atoms with Crippen LogP contribution in [0.5, 0.6) is 5.75 Å². The first-order valence-electron chi connectivity index (χ1n) is 4.59. The molecule has 0 aliphatic carbocycles. The standard InChI is InChI=1S/C11H15NO2/c1-4-8-5-9(7-10(13)6-8)11(14)12(2)3/h5-7,13H,4H2,1-3H3. The van der Waals surface area contributed by atoms with Gasteiger partial charge in [-0.2, -0.15) is 0 Å². The van der Waals surface area contributed by atoms with E-state index in [0.29, 0.717) is 5.56 Å². The van der Waals surface area contributed by atoms with Gasteiger partial charge in [0.05, 0.1) is 0 Å². The monoisotopic (exact) mass is 193 g/mol. The van der Waals surface area contributed by atoms with Crippen LogP contribution in [0, 0.1) is 0 Å². The van der Waals surface area contributed by atoms with E-state index in [0.717, 1.165) is 12.0 Å². The Morgan fingerprint density at radius 1 is 1.36 bits per heavy atom. The Bertz CT molecular complexity index is 345. The summed E-state index contributed by atoms with van der Waals surface area (Å²) in [6.45, 7) is 1.98. The zero-order valence-corrected chi connectivity index (χ0v) is 8.74. The number of phenolic OH excluding ortho intramolecular Hbond substituents is 1. The molecule has 0 radical (unpaired) electrons. The van der Waals surface area contributed by atoms with Crippen LogP contribution in [0.1, 0.15) is 22.8 Å². The van der Waals surface area contributed by atoms with Gasteiger partial charge >= 0.3 is 0 Å². The molecule has 0 aliphatic heterocycles. The second-order valence-corrected chi connectivity index (χ2v) is 3.44. The molecule has 0 atom stereocenters. The molecule has 1 amide bonds. The van der Waals surface area contributed by atoms with E-state index >= 15 is 0 Å². The fourth-order valence-electron chi connectivity index (χ4n) is 1.26. The molecule has 76 valence electrons. The Labute approximate surface area is 84.0 Å². The van der Waals surface area contributed by atoms with Crippen molar-refractivity contribution >= 4 is 5.91 Å². The van der Waals surface area contributed by atoms with Crippen molar-refractivity contribution in [1.82, 2.24) is 4.90 Å². The second kappa shape index (κ2) is 4.13. The molecular formula is C11H15NO2. The molecule has 0 heterocycles. The fraction of sp³-hybridized carbons (Fsp3) is 0.364. The molecule has 1 N–H and O–H groups in total. The van der Waals surface area contributed by atoms with Crippen LogP contribution in [-0.4, -0.2) is 30.0 Å². The molecule has 3 heteroatoms. The van der Waals surface area contributed by atoms with Crippen LogP contribution in [0.15, 0.2) is 18.2 Å². The van der Waals surface area contributed by atoms with Gasteiger partial charge in [0.15, 0.2) is 0 Å². The zero-order valence-electron chi connectivity index (χ0n) is 8.74. The minimum absolute atomic E-state index is 0.0874.